The zero-order valence-corrected chi connectivity index (χ0v) is 22.1. The number of anilines is 2. The van der Waals surface area contributed by atoms with E-state index < -0.39 is 0 Å². The Hall–Kier alpha value is -3.62. The minimum absolute atomic E-state index is 0.00589. The molecule has 0 radical (unpaired) electrons. The summed E-state index contributed by atoms with van der Waals surface area (Å²) in [7, 11) is 0. The van der Waals surface area contributed by atoms with E-state index >= 15 is 0 Å². The van der Waals surface area contributed by atoms with Gasteiger partial charge in [-0.15, -0.1) is 0 Å². The monoisotopic (exact) mass is 523 g/mol. The van der Waals surface area contributed by atoms with Crippen molar-refractivity contribution < 1.29 is 18.8 Å². The standard InChI is InChI=1S/C29H38FN5O3/c1-2-27(36)32-24-13-14-26(25(19-24)28(37)31-20-21-9-11-22(30)12-10-21)34-15-6-16-35(18-17-34)29(38)33-23-7-4-3-5-8-23/h9-14,19,23H,2-8,15-18,20H2,1H3,(H,31,37)(H,32,36)(H,33,38). The van der Waals surface area contributed by atoms with E-state index in [2.05, 4.69) is 20.9 Å². The minimum atomic E-state index is -0.329. The molecular formula is C29H38FN5O3. The number of nitrogens with one attached hydrogen (secondary N) is 3. The summed E-state index contributed by atoms with van der Waals surface area (Å²) in [4.78, 5) is 42.2. The highest BCUT2D eigenvalue weighted by Gasteiger charge is 2.25. The number of hydrogen-bond acceptors (Lipinski definition) is 4. The molecule has 3 N–H and O–H groups in total. The van der Waals surface area contributed by atoms with Gasteiger partial charge in [-0.3, -0.25) is 9.59 Å². The van der Waals surface area contributed by atoms with Gasteiger partial charge in [-0.25, -0.2) is 9.18 Å². The summed E-state index contributed by atoms with van der Waals surface area (Å²) < 4.78 is 13.3. The first-order valence-electron chi connectivity index (χ1n) is 13.7. The summed E-state index contributed by atoms with van der Waals surface area (Å²) in [5.74, 6) is -0.748. The van der Waals surface area contributed by atoms with Gasteiger partial charge in [0.1, 0.15) is 5.82 Å². The minimum Gasteiger partial charge on any atom is -0.369 e. The number of halogens is 1. The van der Waals surface area contributed by atoms with Crippen molar-refractivity contribution in [3.05, 3.63) is 59.4 Å². The molecule has 1 aliphatic carbocycles. The van der Waals surface area contributed by atoms with Gasteiger partial charge in [0.25, 0.3) is 5.91 Å². The first kappa shape index (κ1) is 27.4. The van der Waals surface area contributed by atoms with Crippen molar-refractivity contribution in [3.8, 4) is 0 Å². The Labute approximate surface area is 224 Å². The average Bonchev–Trinajstić information content (AvgIpc) is 3.19. The van der Waals surface area contributed by atoms with Gasteiger partial charge in [0, 0.05) is 56.6 Å². The largest absolute Gasteiger partial charge is 0.369 e. The lowest BCUT2D eigenvalue weighted by Crippen LogP contribution is -2.46. The molecule has 1 saturated carbocycles. The molecule has 2 aliphatic rings. The zero-order valence-electron chi connectivity index (χ0n) is 22.1. The molecule has 204 valence electrons. The molecule has 1 saturated heterocycles. The summed E-state index contributed by atoms with van der Waals surface area (Å²) >= 11 is 0. The van der Waals surface area contributed by atoms with Crippen LogP contribution in [-0.2, 0) is 11.3 Å². The molecule has 38 heavy (non-hydrogen) atoms. The third-order valence-electron chi connectivity index (χ3n) is 7.27. The van der Waals surface area contributed by atoms with Crippen LogP contribution in [0.25, 0.3) is 0 Å². The van der Waals surface area contributed by atoms with Crippen LogP contribution < -0.4 is 20.9 Å². The van der Waals surface area contributed by atoms with E-state index in [1.807, 2.05) is 11.0 Å². The van der Waals surface area contributed by atoms with Gasteiger partial charge >= 0.3 is 6.03 Å². The number of benzene rings is 2. The Balaban J connectivity index is 1.47. The molecule has 1 aliphatic heterocycles. The maximum absolute atomic E-state index is 13.3. The van der Waals surface area contributed by atoms with E-state index in [1.54, 1.807) is 31.2 Å². The van der Waals surface area contributed by atoms with Crippen molar-refractivity contribution in [2.45, 2.75) is 64.5 Å². The molecule has 9 heteroatoms. The van der Waals surface area contributed by atoms with Crippen molar-refractivity contribution in [1.29, 1.82) is 0 Å². The fraction of sp³-hybridized carbons (Fsp3) is 0.483. The van der Waals surface area contributed by atoms with Crippen LogP contribution in [0.3, 0.4) is 0 Å². The smallest absolute Gasteiger partial charge is 0.317 e. The van der Waals surface area contributed by atoms with Gasteiger partial charge in [0.2, 0.25) is 5.91 Å². The van der Waals surface area contributed by atoms with Crippen LogP contribution in [0.4, 0.5) is 20.6 Å². The Morgan fingerprint density at radius 1 is 0.921 bits per heavy atom. The van der Waals surface area contributed by atoms with E-state index in [1.165, 1.54) is 31.4 Å². The third-order valence-corrected chi connectivity index (χ3v) is 7.27. The maximum Gasteiger partial charge on any atom is 0.317 e. The molecule has 0 atom stereocenters. The molecular weight excluding hydrogens is 485 g/mol. The van der Waals surface area contributed by atoms with Crippen molar-refractivity contribution >= 4 is 29.2 Å². The Kier molecular flexibility index (Phi) is 9.56. The van der Waals surface area contributed by atoms with Crippen molar-refractivity contribution in [3.63, 3.8) is 0 Å². The zero-order chi connectivity index (χ0) is 26.9. The highest BCUT2D eigenvalue weighted by molar-refractivity contribution is 6.02. The molecule has 1 heterocycles. The molecule has 2 fully saturated rings. The molecule has 0 unspecified atom stereocenters. The molecule has 0 aromatic heterocycles. The predicted octanol–water partition coefficient (Wildman–Crippen LogP) is 4.66. The number of amides is 4. The van der Waals surface area contributed by atoms with Crippen LogP contribution in [-0.4, -0.2) is 55.0 Å². The lowest BCUT2D eigenvalue weighted by atomic mass is 9.96. The average molecular weight is 524 g/mol. The lowest BCUT2D eigenvalue weighted by Gasteiger charge is -2.28. The Morgan fingerprint density at radius 3 is 2.42 bits per heavy atom. The number of carbonyl (C=O) groups excluding carboxylic acids is 3. The molecule has 4 rings (SSSR count). The highest BCUT2D eigenvalue weighted by Crippen LogP contribution is 2.26. The number of rotatable bonds is 7. The summed E-state index contributed by atoms with van der Waals surface area (Å²) in [6.07, 6.45) is 6.78. The van der Waals surface area contributed by atoms with Gasteiger partial charge in [0.05, 0.1) is 5.56 Å². The van der Waals surface area contributed by atoms with E-state index in [4.69, 9.17) is 0 Å². The van der Waals surface area contributed by atoms with Crippen LogP contribution >= 0.6 is 0 Å². The summed E-state index contributed by atoms with van der Waals surface area (Å²) in [5, 5.41) is 8.96. The summed E-state index contributed by atoms with van der Waals surface area (Å²) in [6.45, 7) is 4.53. The second kappa shape index (κ2) is 13.3. The van der Waals surface area contributed by atoms with E-state index in [0.29, 0.717) is 43.9 Å². The SMILES string of the molecule is CCC(=O)Nc1ccc(N2CCCN(C(=O)NC3CCCCC3)CC2)c(C(=O)NCc2ccc(F)cc2)c1. The Bertz CT molecular complexity index is 1120. The molecule has 2 aromatic rings. The topological polar surface area (TPSA) is 93.8 Å². The number of urea groups is 1. The van der Waals surface area contributed by atoms with Gasteiger partial charge < -0.3 is 25.8 Å². The van der Waals surface area contributed by atoms with Gasteiger partial charge in [0.15, 0.2) is 0 Å². The third kappa shape index (κ3) is 7.46. The van der Waals surface area contributed by atoms with Gasteiger partial charge in [-0.05, 0) is 55.2 Å². The van der Waals surface area contributed by atoms with Crippen molar-refractivity contribution in [1.82, 2.24) is 15.5 Å². The predicted molar refractivity (Wildman–Crippen MR) is 147 cm³/mol. The lowest BCUT2D eigenvalue weighted by molar-refractivity contribution is -0.115. The first-order chi connectivity index (χ1) is 18.4. The Morgan fingerprint density at radius 2 is 1.68 bits per heavy atom. The molecule has 8 nitrogen and oxygen atoms in total. The van der Waals surface area contributed by atoms with Gasteiger partial charge in [-0.2, -0.15) is 0 Å². The molecule has 0 bridgehead atoms. The maximum atomic E-state index is 13.3. The molecule has 0 spiro atoms. The summed E-state index contributed by atoms with van der Waals surface area (Å²) in [6, 6.07) is 11.6. The van der Waals surface area contributed by atoms with Crippen LogP contribution in [0.5, 0.6) is 0 Å². The highest BCUT2D eigenvalue weighted by atomic mass is 19.1. The molecule has 2 aromatic carbocycles. The van der Waals surface area contributed by atoms with Crippen LogP contribution in [0, 0.1) is 5.82 Å². The van der Waals surface area contributed by atoms with Crippen molar-refractivity contribution in [2.24, 2.45) is 0 Å². The number of carbonyl (C=O) groups is 3. The van der Waals surface area contributed by atoms with Gasteiger partial charge in [-0.1, -0.05) is 38.3 Å². The second-order valence-corrected chi connectivity index (χ2v) is 10.1. The van der Waals surface area contributed by atoms with Crippen molar-refractivity contribution in [2.75, 3.05) is 36.4 Å². The second-order valence-electron chi connectivity index (χ2n) is 10.1. The fourth-order valence-corrected chi connectivity index (χ4v) is 5.07. The van der Waals surface area contributed by atoms with E-state index in [9.17, 15) is 18.8 Å². The fourth-order valence-electron chi connectivity index (χ4n) is 5.07. The number of nitrogens with zero attached hydrogens (tertiary/aromatic N) is 2. The van der Waals surface area contributed by atoms with E-state index in [0.717, 1.165) is 30.5 Å². The first-order valence-corrected chi connectivity index (χ1v) is 13.7. The normalized spacial score (nSPS) is 16.5. The summed E-state index contributed by atoms with van der Waals surface area (Å²) in [5.41, 5.74) is 2.54. The number of hydrogen-bond donors (Lipinski definition) is 3. The van der Waals surface area contributed by atoms with Crippen LogP contribution in [0.15, 0.2) is 42.5 Å². The quantitative estimate of drug-likeness (QED) is 0.492. The molecule has 4 amide bonds. The van der Waals surface area contributed by atoms with Crippen LogP contribution in [0.1, 0.15) is 67.8 Å². The van der Waals surface area contributed by atoms with E-state index in [-0.39, 0.29) is 36.2 Å². The van der Waals surface area contributed by atoms with Crippen LogP contribution in [0.2, 0.25) is 0 Å².